The van der Waals surface area contributed by atoms with Crippen molar-refractivity contribution in [3.63, 3.8) is 0 Å². The molecule has 2 aliphatic carbocycles. The predicted molar refractivity (Wildman–Crippen MR) is 149 cm³/mol. The minimum Gasteiger partial charge on any atom is -0.496 e. The molecule has 0 radical (unpaired) electrons. The molecule has 10 nitrogen and oxygen atoms in total. The van der Waals surface area contributed by atoms with Crippen molar-refractivity contribution in [3.05, 3.63) is 47.8 Å². The minimum atomic E-state index is -4.97. The fourth-order valence-electron chi connectivity index (χ4n) is 5.52. The number of carbonyl (C=O) groups excluding carboxylic acids is 2. The molecule has 2 saturated carbocycles. The highest BCUT2D eigenvalue weighted by molar-refractivity contribution is 7.86. The van der Waals surface area contributed by atoms with Crippen LogP contribution in [0.5, 0.6) is 11.5 Å². The number of carboxylic acids is 1. The fraction of sp³-hybridized carbons (Fsp3) is 0.483. The number of rotatable bonds is 10. The first-order chi connectivity index (χ1) is 20.8. The summed E-state index contributed by atoms with van der Waals surface area (Å²) in [4.78, 5) is 37.4. The lowest BCUT2D eigenvalue weighted by Gasteiger charge is -2.27. The van der Waals surface area contributed by atoms with Gasteiger partial charge in [0.25, 0.3) is 5.91 Å². The molecule has 4 unspecified atom stereocenters. The standard InChI is InChI=1S/C29H32F4N2O8S/c1-41-18-11-20(26(36)34-16-4-3-5-19(10-16)44(40)29(31,32)33)23(12-18)35-27(37)21-13-25(22(30)14-24(21)42-2)43-17-8-6-15(7-9-17)28(38)39/h3-5,10,13-15,17-18,20,23H,6-9,11-12H2,1-2H3,(H,34,36)(H,35,37)(H,38,39). The van der Waals surface area contributed by atoms with Gasteiger partial charge in [-0.2, -0.15) is 13.2 Å². The van der Waals surface area contributed by atoms with E-state index >= 15 is 0 Å². The summed E-state index contributed by atoms with van der Waals surface area (Å²) in [7, 11) is -0.588. The Balaban J connectivity index is 1.49. The number of carbonyl (C=O) groups is 3. The van der Waals surface area contributed by atoms with E-state index in [0.717, 1.165) is 18.2 Å². The average molecular weight is 645 g/mol. The van der Waals surface area contributed by atoms with E-state index < -0.39 is 74.9 Å². The maximum atomic E-state index is 14.9. The van der Waals surface area contributed by atoms with E-state index in [0.29, 0.717) is 25.7 Å². The number of hydrogen-bond donors (Lipinski definition) is 3. The molecule has 2 amide bonds. The van der Waals surface area contributed by atoms with E-state index in [-0.39, 0.29) is 35.6 Å². The smallest absolute Gasteiger partial charge is 0.475 e. The normalized spacial score (nSPS) is 24.3. The molecule has 3 N–H and O–H groups in total. The van der Waals surface area contributed by atoms with Crippen LogP contribution >= 0.6 is 0 Å². The van der Waals surface area contributed by atoms with Gasteiger partial charge in [-0.15, -0.1) is 0 Å². The second-order valence-corrected chi connectivity index (χ2v) is 12.1. The van der Waals surface area contributed by atoms with Crippen molar-refractivity contribution < 1.29 is 55.5 Å². The summed E-state index contributed by atoms with van der Waals surface area (Å²) in [5.74, 6) is -4.59. The van der Waals surface area contributed by atoms with Gasteiger partial charge in [-0.1, -0.05) is 6.07 Å². The Bertz CT molecular complexity index is 1410. The average Bonchev–Trinajstić information content (AvgIpc) is 3.40. The third-order valence-electron chi connectivity index (χ3n) is 7.85. The Kier molecular flexibility index (Phi) is 10.5. The number of ether oxygens (including phenoxy) is 3. The van der Waals surface area contributed by atoms with Gasteiger partial charge in [0.2, 0.25) is 5.91 Å². The van der Waals surface area contributed by atoms with Crippen molar-refractivity contribution in [2.45, 2.75) is 67.2 Å². The van der Waals surface area contributed by atoms with Crippen molar-refractivity contribution in [2.24, 2.45) is 11.8 Å². The largest absolute Gasteiger partial charge is 0.496 e. The molecule has 4 rings (SSSR count). The van der Waals surface area contributed by atoms with Gasteiger partial charge in [-0.05, 0) is 62.8 Å². The number of hydrogen-bond acceptors (Lipinski definition) is 7. The second-order valence-electron chi connectivity index (χ2n) is 10.7. The molecular weight excluding hydrogens is 612 g/mol. The third-order valence-corrected chi connectivity index (χ3v) is 8.95. The number of anilines is 1. The van der Waals surface area contributed by atoms with Crippen LogP contribution in [-0.4, -0.2) is 65.1 Å². The number of carboxylic acid groups (broad SMARTS) is 1. The molecule has 0 spiro atoms. The summed E-state index contributed by atoms with van der Waals surface area (Å²) in [5.41, 5.74) is -5.04. The van der Waals surface area contributed by atoms with Gasteiger partial charge >= 0.3 is 11.5 Å². The second kappa shape index (κ2) is 13.9. The van der Waals surface area contributed by atoms with Crippen LogP contribution in [0.2, 0.25) is 0 Å². The van der Waals surface area contributed by atoms with E-state index in [2.05, 4.69) is 10.6 Å². The molecule has 240 valence electrons. The minimum absolute atomic E-state index is 0.00424. The molecule has 4 atom stereocenters. The van der Waals surface area contributed by atoms with Gasteiger partial charge in [0, 0.05) is 29.8 Å². The summed E-state index contributed by atoms with van der Waals surface area (Å²) in [6.07, 6.45) is 1.11. The molecule has 0 saturated heterocycles. The molecule has 0 aliphatic heterocycles. The summed E-state index contributed by atoms with van der Waals surface area (Å²) in [5, 5.41) is 14.5. The molecule has 44 heavy (non-hydrogen) atoms. The number of methoxy groups -OCH3 is 2. The topological polar surface area (TPSA) is 140 Å². The maximum absolute atomic E-state index is 14.9. The zero-order valence-corrected chi connectivity index (χ0v) is 24.6. The third kappa shape index (κ3) is 7.86. The van der Waals surface area contributed by atoms with Crippen molar-refractivity contribution in [3.8, 4) is 11.5 Å². The first-order valence-electron chi connectivity index (χ1n) is 13.8. The first-order valence-corrected chi connectivity index (χ1v) is 15.0. The first kappa shape index (κ1) is 33.2. The SMILES string of the molecule is COc1cc(F)c(OC2CCC(C(=O)O)CC2)cc1C(=O)NC1CC(OC)CC1C(=O)Nc1cccc(S(=O)C(F)(F)F)c1. The highest BCUT2D eigenvalue weighted by atomic mass is 32.2. The van der Waals surface area contributed by atoms with E-state index in [1.807, 2.05) is 0 Å². The molecule has 2 aromatic rings. The van der Waals surface area contributed by atoms with Crippen LogP contribution in [0, 0.1) is 17.7 Å². The number of aliphatic carboxylic acids is 1. The number of halogens is 4. The molecule has 2 fully saturated rings. The molecule has 15 heteroatoms. The van der Waals surface area contributed by atoms with Crippen LogP contribution in [0.1, 0.15) is 48.9 Å². The Morgan fingerprint density at radius 1 is 0.977 bits per heavy atom. The Hall–Kier alpha value is -3.72. The van der Waals surface area contributed by atoms with E-state index in [4.69, 9.17) is 14.2 Å². The number of nitrogens with one attached hydrogen (secondary N) is 2. The van der Waals surface area contributed by atoms with Crippen molar-refractivity contribution >= 4 is 34.3 Å². The van der Waals surface area contributed by atoms with Gasteiger partial charge in [0.15, 0.2) is 22.4 Å². The van der Waals surface area contributed by atoms with Crippen LogP contribution in [0.25, 0.3) is 0 Å². The Morgan fingerprint density at radius 3 is 2.30 bits per heavy atom. The van der Waals surface area contributed by atoms with Gasteiger partial charge < -0.3 is 30.0 Å². The summed E-state index contributed by atoms with van der Waals surface area (Å²) < 4.78 is 81.8. The predicted octanol–water partition coefficient (Wildman–Crippen LogP) is 4.65. The van der Waals surface area contributed by atoms with Crippen molar-refractivity contribution in [2.75, 3.05) is 19.5 Å². The number of amides is 2. The lowest BCUT2D eigenvalue weighted by atomic mass is 9.87. The quantitative estimate of drug-likeness (QED) is 0.318. The summed E-state index contributed by atoms with van der Waals surface area (Å²) in [6.45, 7) is 0. The van der Waals surface area contributed by atoms with Gasteiger partial charge in [0.1, 0.15) is 5.75 Å². The molecule has 0 aromatic heterocycles. The number of benzene rings is 2. The maximum Gasteiger partial charge on any atom is 0.475 e. The van der Waals surface area contributed by atoms with Crippen LogP contribution < -0.4 is 20.1 Å². The number of alkyl halides is 3. The molecule has 0 heterocycles. The van der Waals surface area contributed by atoms with Crippen LogP contribution in [0.15, 0.2) is 41.3 Å². The Morgan fingerprint density at radius 2 is 1.68 bits per heavy atom. The monoisotopic (exact) mass is 644 g/mol. The van der Waals surface area contributed by atoms with Gasteiger partial charge in [0.05, 0.1) is 36.7 Å². The zero-order chi connectivity index (χ0) is 32.2. The highest BCUT2D eigenvalue weighted by Crippen LogP contribution is 2.35. The zero-order valence-electron chi connectivity index (χ0n) is 23.8. The highest BCUT2D eigenvalue weighted by Gasteiger charge is 2.41. The van der Waals surface area contributed by atoms with Crippen LogP contribution in [0.3, 0.4) is 0 Å². The summed E-state index contributed by atoms with van der Waals surface area (Å²) in [6, 6.07) is 6.01. The Labute approximate surface area is 252 Å². The van der Waals surface area contributed by atoms with Gasteiger partial charge in [-0.3, -0.25) is 14.4 Å². The van der Waals surface area contributed by atoms with Crippen molar-refractivity contribution in [1.29, 1.82) is 0 Å². The van der Waals surface area contributed by atoms with E-state index in [9.17, 15) is 41.3 Å². The van der Waals surface area contributed by atoms with Crippen LogP contribution in [-0.2, 0) is 25.1 Å². The van der Waals surface area contributed by atoms with Crippen molar-refractivity contribution in [1.82, 2.24) is 5.32 Å². The van der Waals surface area contributed by atoms with E-state index in [1.165, 1.54) is 32.4 Å². The molecule has 2 aliphatic rings. The molecule has 2 aromatic carbocycles. The molecule has 0 bridgehead atoms. The van der Waals surface area contributed by atoms with Crippen LogP contribution in [0.4, 0.5) is 23.2 Å². The molecular formula is C29H32F4N2O8S. The fourth-order valence-corrected chi connectivity index (χ4v) is 6.22. The summed E-state index contributed by atoms with van der Waals surface area (Å²) >= 11 is 0. The van der Waals surface area contributed by atoms with Gasteiger partial charge in [-0.25, -0.2) is 8.60 Å². The lowest BCUT2D eigenvalue weighted by molar-refractivity contribution is -0.143. The lowest BCUT2D eigenvalue weighted by Crippen LogP contribution is -2.42. The van der Waals surface area contributed by atoms with E-state index in [1.54, 1.807) is 0 Å².